The molecule has 1 aromatic carbocycles. The van der Waals surface area contributed by atoms with Crippen molar-refractivity contribution in [1.29, 1.82) is 0 Å². The minimum atomic E-state index is -0.238. The number of carbonyl (C=O) groups excluding carboxylic acids is 1. The van der Waals surface area contributed by atoms with Gasteiger partial charge in [0.25, 0.3) is 5.91 Å². The van der Waals surface area contributed by atoms with E-state index in [2.05, 4.69) is 20.4 Å². The molecule has 2 aromatic heterocycles. The van der Waals surface area contributed by atoms with Crippen LogP contribution in [0.15, 0.2) is 42.7 Å². The van der Waals surface area contributed by atoms with E-state index in [1.165, 1.54) is 12.4 Å². The quantitative estimate of drug-likeness (QED) is 0.798. The second-order valence-corrected chi connectivity index (χ2v) is 5.29. The van der Waals surface area contributed by atoms with Crippen LogP contribution in [0.25, 0.3) is 0 Å². The van der Waals surface area contributed by atoms with Gasteiger partial charge >= 0.3 is 6.01 Å². The van der Waals surface area contributed by atoms with Crippen molar-refractivity contribution >= 4 is 11.6 Å². The van der Waals surface area contributed by atoms with Crippen LogP contribution in [0.2, 0.25) is 0 Å². The lowest BCUT2D eigenvalue weighted by molar-refractivity contribution is 0.102. The average Bonchev–Trinajstić information content (AvgIpc) is 2.83. The van der Waals surface area contributed by atoms with Crippen molar-refractivity contribution in [2.45, 2.75) is 13.8 Å². The monoisotopic (exact) mass is 323 g/mol. The van der Waals surface area contributed by atoms with Crippen LogP contribution in [0, 0.1) is 13.8 Å². The summed E-state index contributed by atoms with van der Waals surface area (Å²) in [4.78, 5) is 20.6. The fourth-order valence-electron chi connectivity index (χ4n) is 2.32. The van der Waals surface area contributed by atoms with Crippen LogP contribution in [0.4, 0.5) is 5.69 Å². The first-order valence-electron chi connectivity index (χ1n) is 7.41. The van der Waals surface area contributed by atoms with Gasteiger partial charge in [0.1, 0.15) is 5.75 Å². The molecule has 0 saturated heterocycles. The number of anilines is 1. The smallest absolute Gasteiger partial charge is 0.322 e. The van der Waals surface area contributed by atoms with Gasteiger partial charge in [-0.15, -0.1) is 0 Å². The van der Waals surface area contributed by atoms with Gasteiger partial charge in [0, 0.05) is 12.7 Å². The highest BCUT2D eigenvalue weighted by Crippen LogP contribution is 2.18. The zero-order chi connectivity index (χ0) is 17.1. The molecule has 0 radical (unpaired) electrons. The van der Waals surface area contributed by atoms with E-state index in [-0.39, 0.29) is 11.9 Å². The molecule has 122 valence electrons. The molecule has 3 rings (SSSR count). The van der Waals surface area contributed by atoms with Crippen LogP contribution < -0.4 is 10.1 Å². The summed E-state index contributed by atoms with van der Waals surface area (Å²) >= 11 is 0. The van der Waals surface area contributed by atoms with Crippen LogP contribution in [0.5, 0.6) is 11.8 Å². The summed E-state index contributed by atoms with van der Waals surface area (Å²) in [6.45, 7) is 3.65. The summed E-state index contributed by atoms with van der Waals surface area (Å²) < 4.78 is 7.19. The highest BCUT2D eigenvalue weighted by molar-refractivity contribution is 6.05. The van der Waals surface area contributed by atoms with Gasteiger partial charge in [-0.25, -0.2) is 9.97 Å². The van der Waals surface area contributed by atoms with E-state index in [1.807, 2.05) is 37.3 Å². The highest BCUT2D eigenvalue weighted by atomic mass is 16.5. The lowest BCUT2D eigenvalue weighted by Gasteiger charge is -2.06. The Kier molecular flexibility index (Phi) is 4.24. The number of aromatic nitrogens is 4. The number of nitrogens with one attached hydrogen (secondary N) is 1. The molecule has 1 N–H and O–H groups in total. The van der Waals surface area contributed by atoms with Crippen molar-refractivity contribution < 1.29 is 9.53 Å². The third-order valence-corrected chi connectivity index (χ3v) is 3.57. The van der Waals surface area contributed by atoms with Gasteiger partial charge in [-0.1, -0.05) is 18.2 Å². The summed E-state index contributed by atoms with van der Waals surface area (Å²) in [5.74, 6) is 0.411. The van der Waals surface area contributed by atoms with E-state index in [1.54, 1.807) is 18.7 Å². The number of carbonyl (C=O) groups is 1. The molecule has 0 fully saturated rings. The lowest BCUT2D eigenvalue weighted by Crippen LogP contribution is -2.14. The fourth-order valence-corrected chi connectivity index (χ4v) is 2.32. The fraction of sp³-hybridized carbons (Fsp3) is 0.176. The predicted molar refractivity (Wildman–Crippen MR) is 89.2 cm³/mol. The lowest BCUT2D eigenvalue weighted by atomic mass is 10.2. The van der Waals surface area contributed by atoms with Crippen LogP contribution >= 0.6 is 0 Å². The Morgan fingerprint density at radius 3 is 2.38 bits per heavy atom. The number of aryl methyl sites for hydroxylation is 2. The van der Waals surface area contributed by atoms with Gasteiger partial charge in [0.05, 0.1) is 29.3 Å². The summed E-state index contributed by atoms with van der Waals surface area (Å²) in [7, 11) is 1.80. The molecular formula is C17H17N5O2. The minimum absolute atomic E-state index is 0.216. The Hall–Kier alpha value is -3.22. The van der Waals surface area contributed by atoms with E-state index < -0.39 is 0 Å². The number of benzene rings is 1. The molecular weight excluding hydrogens is 306 g/mol. The van der Waals surface area contributed by atoms with Gasteiger partial charge in [0.2, 0.25) is 0 Å². The Morgan fingerprint density at radius 2 is 1.79 bits per heavy atom. The van der Waals surface area contributed by atoms with E-state index >= 15 is 0 Å². The van der Waals surface area contributed by atoms with Crippen molar-refractivity contribution in [3.8, 4) is 11.8 Å². The Morgan fingerprint density at radius 1 is 1.12 bits per heavy atom. The third-order valence-electron chi connectivity index (χ3n) is 3.57. The number of para-hydroxylation sites is 1. The van der Waals surface area contributed by atoms with E-state index in [0.29, 0.717) is 22.7 Å². The van der Waals surface area contributed by atoms with Crippen molar-refractivity contribution in [2.75, 3.05) is 5.32 Å². The molecule has 0 saturated carbocycles. The maximum absolute atomic E-state index is 12.4. The number of hydrogen-bond donors (Lipinski definition) is 1. The molecule has 24 heavy (non-hydrogen) atoms. The Balaban J connectivity index is 1.71. The van der Waals surface area contributed by atoms with Crippen molar-refractivity contribution in [3.63, 3.8) is 0 Å². The van der Waals surface area contributed by atoms with Crippen LogP contribution in [-0.2, 0) is 7.05 Å². The first kappa shape index (κ1) is 15.7. The molecule has 0 aliphatic carbocycles. The van der Waals surface area contributed by atoms with Gasteiger partial charge in [-0.05, 0) is 26.0 Å². The molecule has 0 aliphatic rings. The second kappa shape index (κ2) is 6.49. The number of nitrogens with zero attached hydrogens (tertiary/aromatic N) is 4. The van der Waals surface area contributed by atoms with E-state index in [4.69, 9.17) is 4.74 Å². The third kappa shape index (κ3) is 3.24. The summed E-state index contributed by atoms with van der Waals surface area (Å²) in [5, 5.41) is 7.01. The molecule has 0 aliphatic heterocycles. The van der Waals surface area contributed by atoms with Crippen LogP contribution in [0.3, 0.4) is 0 Å². The van der Waals surface area contributed by atoms with E-state index in [9.17, 15) is 4.79 Å². The molecule has 0 bridgehead atoms. The number of rotatable bonds is 4. The van der Waals surface area contributed by atoms with E-state index in [0.717, 1.165) is 5.69 Å². The maximum Gasteiger partial charge on any atom is 0.322 e. The zero-order valence-corrected chi connectivity index (χ0v) is 13.6. The molecule has 0 atom stereocenters. The molecule has 7 heteroatoms. The van der Waals surface area contributed by atoms with Crippen molar-refractivity contribution in [3.05, 3.63) is 59.7 Å². The maximum atomic E-state index is 12.4. The number of amides is 1. The molecule has 0 unspecified atom stereocenters. The van der Waals surface area contributed by atoms with Crippen LogP contribution in [-0.4, -0.2) is 25.7 Å². The van der Waals surface area contributed by atoms with Crippen LogP contribution in [0.1, 0.15) is 21.7 Å². The highest BCUT2D eigenvalue weighted by Gasteiger charge is 2.17. The standard InChI is InChI=1S/C17H17N5O2/c1-11-15(12(2)22(3)21-11)16(23)20-13-9-18-17(19-10-13)24-14-7-5-4-6-8-14/h4-10H,1-3H3,(H,20,23). The summed E-state index contributed by atoms with van der Waals surface area (Å²) in [5.41, 5.74) is 2.53. The van der Waals surface area contributed by atoms with Gasteiger partial charge < -0.3 is 10.1 Å². The second-order valence-electron chi connectivity index (χ2n) is 5.29. The SMILES string of the molecule is Cc1nn(C)c(C)c1C(=O)Nc1cnc(Oc2ccccc2)nc1. The summed E-state index contributed by atoms with van der Waals surface area (Å²) in [6.07, 6.45) is 3.01. The zero-order valence-electron chi connectivity index (χ0n) is 13.6. The van der Waals surface area contributed by atoms with Gasteiger partial charge in [-0.2, -0.15) is 5.10 Å². The molecule has 1 amide bonds. The Bertz CT molecular complexity index is 857. The number of ether oxygens (including phenoxy) is 1. The van der Waals surface area contributed by atoms with Crippen molar-refractivity contribution in [1.82, 2.24) is 19.7 Å². The molecule has 2 heterocycles. The summed E-state index contributed by atoms with van der Waals surface area (Å²) in [6, 6.07) is 9.47. The average molecular weight is 323 g/mol. The number of hydrogen-bond acceptors (Lipinski definition) is 5. The largest absolute Gasteiger partial charge is 0.424 e. The van der Waals surface area contributed by atoms with Gasteiger partial charge in [-0.3, -0.25) is 9.48 Å². The first-order valence-corrected chi connectivity index (χ1v) is 7.41. The topological polar surface area (TPSA) is 81.9 Å². The minimum Gasteiger partial charge on any atom is -0.424 e. The first-order chi connectivity index (χ1) is 11.5. The molecule has 3 aromatic rings. The van der Waals surface area contributed by atoms with Crippen molar-refractivity contribution in [2.24, 2.45) is 7.05 Å². The normalized spacial score (nSPS) is 10.5. The molecule has 7 nitrogen and oxygen atoms in total. The predicted octanol–water partition coefficient (Wildman–Crippen LogP) is 2.87. The molecule has 0 spiro atoms. The Labute approximate surface area is 139 Å². The van der Waals surface area contributed by atoms with Gasteiger partial charge in [0.15, 0.2) is 0 Å².